The third-order valence-electron chi connectivity index (χ3n) is 0. The summed E-state index contributed by atoms with van der Waals surface area (Å²) in [4.78, 5) is 7.10. The van der Waals surface area contributed by atoms with Crippen LogP contribution in [0.4, 0.5) is 0 Å². The lowest BCUT2D eigenvalue weighted by atomic mass is 15.8. The minimum atomic E-state index is -4.67. The van der Waals surface area contributed by atoms with Crippen LogP contribution in [-0.4, -0.2) is 22.4 Å². The summed E-state index contributed by atoms with van der Waals surface area (Å²) in [5.74, 6) is 0. The second-order valence-corrected chi connectivity index (χ2v) is 1.66. The van der Waals surface area contributed by atoms with Crippen LogP contribution < -0.4 is 0 Å². The van der Waals surface area contributed by atoms with E-state index in [0.717, 1.165) is 0 Å². The summed E-state index contributed by atoms with van der Waals surface area (Å²) in [5.41, 5.74) is 0. The van der Waals surface area contributed by atoms with Gasteiger partial charge in [0.25, 0.3) is 0 Å². The maximum atomic E-state index is 8.74. The standard InChI is InChI=1S/H2O4S.H3O2P/c1-5(2,3)4;1-3-2/h(H2,1,2,3,4);3H2,(H,1,2). The summed E-state index contributed by atoms with van der Waals surface area (Å²) >= 11 is 0. The van der Waals surface area contributed by atoms with E-state index >= 15 is 0 Å². The Labute approximate surface area is 47.0 Å². The molecule has 0 heterocycles. The van der Waals surface area contributed by atoms with Crippen molar-refractivity contribution in [1.29, 1.82) is 0 Å². The predicted octanol–water partition coefficient (Wildman–Crippen LogP) is -1.00. The SMILES string of the molecule is O=S(=O)(O)O.O=[PH2]O. The molecule has 0 radical (unpaired) electrons. The summed E-state index contributed by atoms with van der Waals surface area (Å²) in [5, 5.41) is 0. The Morgan fingerprint density at radius 2 is 1.25 bits per heavy atom. The molecular weight excluding hydrogens is 159 g/mol. The quantitative estimate of drug-likeness (QED) is 0.312. The molecule has 0 aliphatic carbocycles. The molecule has 8 heavy (non-hydrogen) atoms. The Hall–Kier alpha value is 0.0600. The second kappa shape index (κ2) is 5.20. The molecule has 52 valence electrons. The molecule has 0 rings (SSSR count). The number of hydrogen-bond donors (Lipinski definition) is 3. The number of hydrogen-bond acceptors (Lipinski definition) is 3. The van der Waals surface area contributed by atoms with Crippen LogP contribution in [0.3, 0.4) is 0 Å². The molecule has 8 heteroatoms. The summed E-state index contributed by atoms with van der Waals surface area (Å²) in [6.07, 6.45) is 0. The highest BCUT2D eigenvalue weighted by atomic mass is 32.3. The third kappa shape index (κ3) is 43100. The maximum Gasteiger partial charge on any atom is 0.394 e. The van der Waals surface area contributed by atoms with Gasteiger partial charge in [-0.05, 0) is 0 Å². The molecular formula is H5O6PS. The van der Waals surface area contributed by atoms with Crippen molar-refractivity contribution in [1.82, 2.24) is 0 Å². The summed E-state index contributed by atoms with van der Waals surface area (Å²) in [6.45, 7) is 0. The highest BCUT2D eigenvalue weighted by Gasteiger charge is 1.84. The zero-order valence-electron chi connectivity index (χ0n) is 3.55. The molecule has 0 aliphatic heterocycles. The molecule has 0 amide bonds. The molecule has 0 fully saturated rings. The van der Waals surface area contributed by atoms with E-state index < -0.39 is 19.1 Å². The summed E-state index contributed by atoms with van der Waals surface area (Å²) in [6, 6.07) is 0. The monoisotopic (exact) mass is 164 g/mol. The van der Waals surface area contributed by atoms with Gasteiger partial charge in [0, 0.05) is 0 Å². The third-order valence-corrected chi connectivity index (χ3v) is 0. The normalized spacial score (nSPS) is 10.9. The molecule has 6 nitrogen and oxygen atoms in total. The maximum absolute atomic E-state index is 8.74. The summed E-state index contributed by atoms with van der Waals surface area (Å²) < 4.78 is 40.2. The second-order valence-electron chi connectivity index (χ2n) is 0.553. The lowest BCUT2D eigenvalue weighted by molar-refractivity contribution is 0.381. The zero-order chi connectivity index (χ0) is 7.21. The van der Waals surface area contributed by atoms with E-state index in [4.69, 9.17) is 27.0 Å². The average molecular weight is 164 g/mol. The van der Waals surface area contributed by atoms with Gasteiger partial charge in [-0.1, -0.05) is 0 Å². The topological polar surface area (TPSA) is 112 Å². The molecule has 0 spiro atoms. The minimum absolute atomic E-state index is 1.50. The van der Waals surface area contributed by atoms with Crippen molar-refractivity contribution in [3.63, 3.8) is 0 Å². The van der Waals surface area contributed by atoms with E-state index in [2.05, 4.69) is 0 Å². The van der Waals surface area contributed by atoms with Crippen LogP contribution in [0.15, 0.2) is 0 Å². The van der Waals surface area contributed by atoms with Gasteiger partial charge in [0.05, 0.1) is 0 Å². The largest absolute Gasteiger partial charge is 0.394 e. The molecule has 3 N–H and O–H groups in total. The Morgan fingerprint density at radius 1 is 1.25 bits per heavy atom. The van der Waals surface area contributed by atoms with E-state index in [-0.39, 0.29) is 0 Å². The average Bonchev–Trinajstić information content (AvgIpc) is 1.27. The number of rotatable bonds is 0. The Balaban J connectivity index is 0. The highest BCUT2D eigenvalue weighted by Crippen LogP contribution is 1.66. The van der Waals surface area contributed by atoms with Gasteiger partial charge < -0.3 is 4.89 Å². The first-order valence-electron chi connectivity index (χ1n) is 1.19. The molecule has 0 aromatic rings. The fraction of sp³-hybridized carbons (Fsp3) is 0. The first-order chi connectivity index (χ1) is 3.41. The molecule has 0 aromatic heterocycles. The zero-order valence-corrected chi connectivity index (χ0v) is 5.52. The van der Waals surface area contributed by atoms with Crippen molar-refractivity contribution >= 4 is 19.1 Å². The van der Waals surface area contributed by atoms with Crippen molar-refractivity contribution in [3.05, 3.63) is 0 Å². The Morgan fingerprint density at radius 3 is 1.25 bits per heavy atom. The van der Waals surface area contributed by atoms with Crippen molar-refractivity contribution < 1.29 is 27.0 Å². The van der Waals surface area contributed by atoms with E-state index in [1.165, 1.54) is 0 Å². The molecule has 0 aliphatic rings. The van der Waals surface area contributed by atoms with E-state index in [1.807, 2.05) is 0 Å². The van der Waals surface area contributed by atoms with Crippen LogP contribution in [-0.2, 0) is 15.0 Å². The van der Waals surface area contributed by atoms with E-state index in [9.17, 15) is 0 Å². The van der Waals surface area contributed by atoms with Gasteiger partial charge in [0.15, 0.2) is 8.69 Å². The van der Waals surface area contributed by atoms with Gasteiger partial charge in [0.2, 0.25) is 0 Å². The Kier molecular flexibility index (Phi) is 7.11. The molecule has 0 saturated carbocycles. The van der Waals surface area contributed by atoms with Crippen LogP contribution in [0.1, 0.15) is 0 Å². The molecule has 1 unspecified atom stereocenters. The van der Waals surface area contributed by atoms with Crippen LogP contribution >= 0.6 is 8.69 Å². The van der Waals surface area contributed by atoms with Crippen molar-refractivity contribution in [2.45, 2.75) is 0 Å². The van der Waals surface area contributed by atoms with Crippen molar-refractivity contribution in [2.24, 2.45) is 0 Å². The first kappa shape index (κ1) is 10.9. The van der Waals surface area contributed by atoms with Crippen LogP contribution in [0.25, 0.3) is 0 Å². The van der Waals surface area contributed by atoms with Crippen LogP contribution in [0, 0.1) is 0 Å². The van der Waals surface area contributed by atoms with Gasteiger partial charge >= 0.3 is 10.4 Å². The van der Waals surface area contributed by atoms with Gasteiger partial charge in [-0.2, -0.15) is 8.42 Å². The molecule has 0 saturated heterocycles. The molecule has 1 atom stereocenters. The minimum Gasteiger partial charge on any atom is -0.348 e. The highest BCUT2D eigenvalue weighted by molar-refractivity contribution is 7.79. The van der Waals surface area contributed by atoms with Crippen LogP contribution in [0.5, 0.6) is 0 Å². The smallest absolute Gasteiger partial charge is 0.348 e. The van der Waals surface area contributed by atoms with Crippen molar-refractivity contribution in [3.8, 4) is 0 Å². The molecule has 0 bridgehead atoms. The fourth-order valence-corrected chi connectivity index (χ4v) is 0. The van der Waals surface area contributed by atoms with E-state index in [0.29, 0.717) is 0 Å². The van der Waals surface area contributed by atoms with Gasteiger partial charge in [-0.15, -0.1) is 0 Å². The van der Waals surface area contributed by atoms with Crippen LogP contribution in [0.2, 0.25) is 0 Å². The van der Waals surface area contributed by atoms with E-state index in [1.54, 1.807) is 0 Å². The first-order valence-corrected chi connectivity index (χ1v) is 3.58. The van der Waals surface area contributed by atoms with Gasteiger partial charge in [-0.3, -0.25) is 13.7 Å². The van der Waals surface area contributed by atoms with Gasteiger partial charge in [0.1, 0.15) is 0 Å². The molecule has 0 aromatic carbocycles. The Bertz CT molecular complexity index is 123. The predicted molar refractivity (Wildman–Crippen MR) is 26.8 cm³/mol. The summed E-state index contributed by atoms with van der Waals surface area (Å²) in [7, 11) is -6.17. The van der Waals surface area contributed by atoms with Crippen molar-refractivity contribution in [2.75, 3.05) is 0 Å². The fourth-order valence-electron chi connectivity index (χ4n) is 0. The lowest BCUT2D eigenvalue weighted by Crippen LogP contribution is -1.89. The lowest BCUT2D eigenvalue weighted by Gasteiger charge is -1.68. The van der Waals surface area contributed by atoms with Gasteiger partial charge in [-0.25, -0.2) is 0 Å².